The van der Waals surface area contributed by atoms with Crippen molar-refractivity contribution in [2.75, 3.05) is 20.1 Å². The highest BCUT2D eigenvalue weighted by Crippen LogP contribution is 2.29. The number of carbonyl (C=O) groups is 1. The van der Waals surface area contributed by atoms with Crippen molar-refractivity contribution in [3.8, 4) is 0 Å². The Morgan fingerprint density at radius 1 is 1.60 bits per heavy atom. The van der Waals surface area contributed by atoms with Crippen LogP contribution in [0.5, 0.6) is 0 Å². The fourth-order valence-electron chi connectivity index (χ4n) is 1.81. The molecule has 0 spiro atoms. The number of aromatic nitrogens is 1. The van der Waals surface area contributed by atoms with Gasteiger partial charge in [0.15, 0.2) is 5.78 Å². The molecular formula is C12H18N2O. The zero-order valence-electron chi connectivity index (χ0n) is 9.44. The van der Waals surface area contributed by atoms with E-state index in [1.54, 1.807) is 0 Å². The highest BCUT2D eigenvalue weighted by Gasteiger charge is 2.23. The molecule has 0 bridgehead atoms. The molecule has 2 rings (SSSR count). The van der Waals surface area contributed by atoms with Gasteiger partial charge in [0.05, 0.1) is 6.54 Å². The fourth-order valence-corrected chi connectivity index (χ4v) is 1.81. The number of hydrogen-bond donors (Lipinski definition) is 0. The molecule has 3 heteroatoms. The van der Waals surface area contributed by atoms with Crippen LogP contribution in [-0.4, -0.2) is 35.4 Å². The molecule has 1 saturated carbocycles. The zero-order chi connectivity index (χ0) is 10.8. The minimum Gasteiger partial charge on any atom is -0.357 e. The third kappa shape index (κ3) is 2.93. The van der Waals surface area contributed by atoms with E-state index in [0.717, 1.165) is 18.0 Å². The van der Waals surface area contributed by atoms with Gasteiger partial charge in [-0.25, -0.2) is 0 Å². The molecule has 82 valence electrons. The summed E-state index contributed by atoms with van der Waals surface area (Å²) >= 11 is 0. The average molecular weight is 206 g/mol. The van der Waals surface area contributed by atoms with Gasteiger partial charge in [-0.3, -0.25) is 9.69 Å². The van der Waals surface area contributed by atoms with E-state index in [1.807, 2.05) is 37.1 Å². The molecular weight excluding hydrogens is 188 g/mol. The Kier molecular flexibility index (Phi) is 2.91. The predicted molar refractivity (Wildman–Crippen MR) is 60.0 cm³/mol. The number of hydrogen-bond acceptors (Lipinski definition) is 2. The van der Waals surface area contributed by atoms with Crippen molar-refractivity contribution >= 4 is 5.78 Å². The van der Waals surface area contributed by atoms with Gasteiger partial charge < -0.3 is 4.57 Å². The Hall–Kier alpha value is -1.09. The topological polar surface area (TPSA) is 25.2 Å². The lowest BCUT2D eigenvalue weighted by Gasteiger charge is -2.14. The summed E-state index contributed by atoms with van der Waals surface area (Å²) in [5, 5.41) is 0. The summed E-state index contributed by atoms with van der Waals surface area (Å²) in [7, 11) is 3.96. The van der Waals surface area contributed by atoms with Gasteiger partial charge in [-0.1, -0.05) is 0 Å². The second-order valence-electron chi connectivity index (χ2n) is 4.63. The molecule has 3 nitrogen and oxygen atoms in total. The van der Waals surface area contributed by atoms with Gasteiger partial charge >= 0.3 is 0 Å². The number of nitrogens with zero attached hydrogens (tertiary/aromatic N) is 2. The number of carbonyl (C=O) groups excluding carboxylic acids is 1. The normalized spacial score (nSPS) is 15.9. The van der Waals surface area contributed by atoms with Crippen LogP contribution in [0.3, 0.4) is 0 Å². The van der Waals surface area contributed by atoms with Gasteiger partial charge in [0.2, 0.25) is 0 Å². The van der Waals surface area contributed by atoms with E-state index >= 15 is 0 Å². The predicted octanol–water partition coefficient (Wildman–Crippen LogP) is 1.55. The second-order valence-corrected chi connectivity index (χ2v) is 4.63. The van der Waals surface area contributed by atoms with E-state index in [-0.39, 0.29) is 5.78 Å². The molecule has 0 radical (unpaired) electrons. The lowest BCUT2D eigenvalue weighted by atomic mass is 10.2. The van der Waals surface area contributed by atoms with E-state index in [4.69, 9.17) is 0 Å². The Morgan fingerprint density at radius 2 is 2.33 bits per heavy atom. The standard InChI is InChI=1S/C12H18N2O/c1-13-6-5-11(8-13)12(15)9-14(2)7-10-3-4-10/h5-6,8,10H,3-4,7,9H2,1-2H3. The van der Waals surface area contributed by atoms with Crippen LogP contribution in [0.1, 0.15) is 23.2 Å². The summed E-state index contributed by atoms with van der Waals surface area (Å²) in [5.74, 6) is 1.07. The van der Waals surface area contributed by atoms with Crippen molar-refractivity contribution in [3.63, 3.8) is 0 Å². The molecule has 0 saturated heterocycles. The summed E-state index contributed by atoms with van der Waals surface area (Å²) in [6, 6.07) is 1.88. The fraction of sp³-hybridized carbons (Fsp3) is 0.583. The summed E-state index contributed by atoms with van der Waals surface area (Å²) in [6.45, 7) is 1.61. The molecule has 1 heterocycles. The molecule has 0 unspecified atom stereocenters. The van der Waals surface area contributed by atoms with Gasteiger partial charge in [-0.05, 0) is 31.9 Å². The molecule has 0 aromatic carbocycles. The van der Waals surface area contributed by atoms with Crippen LogP contribution >= 0.6 is 0 Å². The summed E-state index contributed by atoms with van der Waals surface area (Å²) in [5.41, 5.74) is 0.820. The Balaban J connectivity index is 1.85. The number of aryl methyl sites for hydroxylation is 1. The number of Topliss-reactive ketones (excluding diaryl/α,β-unsaturated/α-hetero) is 1. The van der Waals surface area contributed by atoms with Crippen LogP contribution < -0.4 is 0 Å². The van der Waals surface area contributed by atoms with Crippen LogP contribution in [0.15, 0.2) is 18.5 Å². The van der Waals surface area contributed by atoms with Gasteiger partial charge in [0.25, 0.3) is 0 Å². The molecule has 1 aliphatic carbocycles. The molecule has 1 aliphatic rings. The van der Waals surface area contributed by atoms with E-state index < -0.39 is 0 Å². The van der Waals surface area contributed by atoms with Crippen LogP contribution in [0, 0.1) is 5.92 Å². The first-order valence-electron chi connectivity index (χ1n) is 5.49. The monoisotopic (exact) mass is 206 g/mol. The third-order valence-electron chi connectivity index (χ3n) is 2.83. The van der Waals surface area contributed by atoms with Crippen LogP contribution in [-0.2, 0) is 7.05 Å². The van der Waals surface area contributed by atoms with Crippen molar-refractivity contribution in [3.05, 3.63) is 24.0 Å². The minimum atomic E-state index is 0.221. The number of ketones is 1. The summed E-state index contributed by atoms with van der Waals surface area (Å²) in [6.07, 6.45) is 6.47. The molecule has 1 aromatic heterocycles. The van der Waals surface area contributed by atoms with Crippen molar-refractivity contribution < 1.29 is 4.79 Å². The van der Waals surface area contributed by atoms with Crippen LogP contribution in [0.25, 0.3) is 0 Å². The number of likely N-dealkylation sites (N-methyl/N-ethyl adjacent to an activating group) is 1. The first-order chi connectivity index (χ1) is 7.15. The Morgan fingerprint density at radius 3 is 2.87 bits per heavy atom. The van der Waals surface area contributed by atoms with Crippen LogP contribution in [0.2, 0.25) is 0 Å². The minimum absolute atomic E-state index is 0.221. The highest BCUT2D eigenvalue weighted by atomic mass is 16.1. The van der Waals surface area contributed by atoms with Gasteiger partial charge in [0, 0.05) is 31.5 Å². The highest BCUT2D eigenvalue weighted by molar-refractivity contribution is 5.97. The maximum Gasteiger partial charge on any atom is 0.178 e. The second kappa shape index (κ2) is 4.19. The molecule has 0 N–H and O–H groups in total. The average Bonchev–Trinajstić information content (AvgIpc) is 2.85. The Bertz CT molecular complexity index is 352. The lowest BCUT2D eigenvalue weighted by molar-refractivity contribution is 0.0944. The molecule has 15 heavy (non-hydrogen) atoms. The van der Waals surface area contributed by atoms with E-state index in [9.17, 15) is 4.79 Å². The zero-order valence-corrected chi connectivity index (χ0v) is 9.44. The van der Waals surface area contributed by atoms with E-state index in [2.05, 4.69) is 4.90 Å². The van der Waals surface area contributed by atoms with Crippen molar-refractivity contribution in [2.45, 2.75) is 12.8 Å². The van der Waals surface area contributed by atoms with Crippen molar-refractivity contribution in [1.29, 1.82) is 0 Å². The van der Waals surface area contributed by atoms with Crippen molar-refractivity contribution in [1.82, 2.24) is 9.47 Å². The summed E-state index contributed by atoms with van der Waals surface area (Å²) in [4.78, 5) is 13.9. The molecule has 1 fully saturated rings. The lowest BCUT2D eigenvalue weighted by Crippen LogP contribution is -2.27. The van der Waals surface area contributed by atoms with Gasteiger partial charge in [-0.2, -0.15) is 0 Å². The molecule has 0 aliphatic heterocycles. The largest absolute Gasteiger partial charge is 0.357 e. The molecule has 0 atom stereocenters. The van der Waals surface area contributed by atoms with E-state index in [1.165, 1.54) is 12.8 Å². The van der Waals surface area contributed by atoms with Gasteiger partial charge in [-0.15, -0.1) is 0 Å². The van der Waals surface area contributed by atoms with E-state index in [0.29, 0.717) is 6.54 Å². The summed E-state index contributed by atoms with van der Waals surface area (Å²) < 4.78 is 1.91. The molecule has 1 aromatic rings. The number of rotatable bonds is 5. The first kappa shape index (κ1) is 10.4. The van der Waals surface area contributed by atoms with Crippen molar-refractivity contribution in [2.24, 2.45) is 13.0 Å². The quantitative estimate of drug-likeness (QED) is 0.683. The third-order valence-corrected chi connectivity index (χ3v) is 2.83. The van der Waals surface area contributed by atoms with Crippen LogP contribution in [0.4, 0.5) is 0 Å². The SMILES string of the molecule is CN(CC(=O)c1ccn(C)c1)CC1CC1. The molecule has 0 amide bonds. The smallest absolute Gasteiger partial charge is 0.178 e. The van der Waals surface area contributed by atoms with Gasteiger partial charge in [0.1, 0.15) is 0 Å². The maximum absolute atomic E-state index is 11.8. The first-order valence-corrected chi connectivity index (χ1v) is 5.49. The maximum atomic E-state index is 11.8. The Labute approximate surface area is 90.7 Å².